The molecule has 2 heterocycles. The number of nitrogens with zero attached hydrogens (tertiary/aromatic N) is 3. The van der Waals surface area contributed by atoms with Gasteiger partial charge in [-0.25, -0.2) is 4.98 Å². The highest BCUT2D eigenvalue weighted by atomic mass is 16.5. The zero-order chi connectivity index (χ0) is 17.6. The van der Waals surface area contributed by atoms with Crippen LogP contribution in [-0.4, -0.2) is 29.2 Å². The minimum atomic E-state index is 0.201. The molecule has 2 N–H and O–H groups in total. The standard InChI is InChI=1S/C19H27N5O/c1-14(2)13-24-10-9-21-18(24)12-22-19(20-3)23-16-8-11-25-17-7-5-4-6-15(16)17/h4-7,9-10,14,16H,8,11-13H2,1-3H3,(H2,20,22,23). The maximum absolute atomic E-state index is 5.73. The van der Waals surface area contributed by atoms with Crippen LogP contribution in [0.1, 0.15) is 37.7 Å². The van der Waals surface area contributed by atoms with Gasteiger partial charge in [-0.2, -0.15) is 0 Å². The maximum Gasteiger partial charge on any atom is 0.191 e. The highest BCUT2D eigenvalue weighted by molar-refractivity contribution is 5.80. The first kappa shape index (κ1) is 17.3. The number of aliphatic imine (C=N–C) groups is 1. The van der Waals surface area contributed by atoms with Gasteiger partial charge in [-0.3, -0.25) is 4.99 Å². The third kappa shape index (κ3) is 4.32. The number of aromatic nitrogens is 2. The summed E-state index contributed by atoms with van der Waals surface area (Å²) in [7, 11) is 1.79. The first-order chi connectivity index (χ1) is 12.2. The van der Waals surface area contributed by atoms with Gasteiger partial charge in [-0.05, 0) is 12.0 Å². The molecule has 6 heteroatoms. The third-order valence-electron chi connectivity index (χ3n) is 4.27. The van der Waals surface area contributed by atoms with E-state index in [1.165, 1.54) is 5.56 Å². The van der Waals surface area contributed by atoms with Crippen molar-refractivity contribution in [1.29, 1.82) is 0 Å². The lowest BCUT2D eigenvalue weighted by molar-refractivity contribution is 0.261. The largest absolute Gasteiger partial charge is 0.493 e. The van der Waals surface area contributed by atoms with Gasteiger partial charge in [-0.1, -0.05) is 32.0 Å². The summed E-state index contributed by atoms with van der Waals surface area (Å²) < 4.78 is 7.92. The molecule has 1 aromatic heterocycles. The normalized spacial score (nSPS) is 17.1. The van der Waals surface area contributed by atoms with Gasteiger partial charge in [0, 0.05) is 38.0 Å². The minimum absolute atomic E-state index is 0.201. The molecule has 1 unspecified atom stereocenters. The monoisotopic (exact) mass is 341 g/mol. The van der Waals surface area contributed by atoms with E-state index in [9.17, 15) is 0 Å². The van der Waals surface area contributed by atoms with E-state index in [-0.39, 0.29) is 6.04 Å². The smallest absolute Gasteiger partial charge is 0.191 e. The molecule has 3 rings (SSSR count). The molecule has 0 fully saturated rings. The Kier molecular flexibility index (Phi) is 5.58. The van der Waals surface area contributed by atoms with Crippen LogP contribution in [0.25, 0.3) is 0 Å². The van der Waals surface area contributed by atoms with E-state index in [4.69, 9.17) is 4.74 Å². The van der Waals surface area contributed by atoms with E-state index in [0.717, 1.165) is 30.5 Å². The van der Waals surface area contributed by atoms with Gasteiger partial charge in [0.15, 0.2) is 5.96 Å². The highest BCUT2D eigenvalue weighted by Gasteiger charge is 2.21. The fourth-order valence-corrected chi connectivity index (χ4v) is 3.08. The predicted molar refractivity (Wildman–Crippen MR) is 99.7 cm³/mol. The van der Waals surface area contributed by atoms with Crippen LogP contribution in [0.3, 0.4) is 0 Å². The van der Waals surface area contributed by atoms with Crippen molar-refractivity contribution in [3.05, 3.63) is 48.0 Å². The van der Waals surface area contributed by atoms with Gasteiger partial charge in [0.25, 0.3) is 0 Å². The number of fused-ring (bicyclic) bond motifs is 1. The van der Waals surface area contributed by atoms with E-state index < -0.39 is 0 Å². The van der Waals surface area contributed by atoms with Crippen LogP contribution in [0.2, 0.25) is 0 Å². The van der Waals surface area contributed by atoms with Crippen molar-refractivity contribution in [3.8, 4) is 5.75 Å². The lowest BCUT2D eigenvalue weighted by Gasteiger charge is -2.28. The van der Waals surface area contributed by atoms with Crippen LogP contribution in [-0.2, 0) is 13.1 Å². The van der Waals surface area contributed by atoms with Gasteiger partial charge in [0.05, 0.1) is 19.2 Å². The molecule has 134 valence electrons. The molecule has 0 bridgehead atoms. The van der Waals surface area contributed by atoms with Gasteiger partial charge in [0.1, 0.15) is 11.6 Å². The molecule has 0 aliphatic carbocycles. The number of benzene rings is 1. The van der Waals surface area contributed by atoms with Crippen LogP contribution < -0.4 is 15.4 Å². The second kappa shape index (κ2) is 8.05. The topological polar surface area (TPSA) is 63.5 Å². The summed E-state index contributed by atoms with van der Waals surface area (Å²) in [5.41, 5.74) is 1.18. The molecule has 2 aromatic rings. The zero-order valence-electron chi connectivity index (χ0n) is 15.2. The summed E-state index contributed by atoms with van der Waals surface area (Å²) in [6.45, 7) is 6.74. The summed E-state index contributed by atoms with van der Waals surface area (Å²) in [4.78, 5) is 8.82. The molecule has 0 amide bonds. The van der Waals surface area contributed by atoms with Crippen molar-refractivity contribution in [2.24, 2.45) is 10.9 Å². The van der Waals surface area contributed by atoms with E-state index >= 15 is 0 Å². The molecule has 1 atom stereocenters. The Labute approximate surface area is 149 Å². The quantitative estimate of drug-likeness (QED) is 0.648. The predicted octanol–water partition coefficient (Wildman–Crippen LogP) is 2.73. The Balaban J connectivity index is 1.62. The number of ether oxygens (including phenoxy) is 1. The molecular formula is C19H27N5O. The number of nitrogens with one attached hydrogen (secondary N) is 2. The molecule has 6 nitrogen and oxygen atoms in total. The van der Waals surface area contributed by atoms with Crippen LogP contribution in [0.5, 0.6) is 5.75 Å². The van der Waals surface area contributed by atoms with Crippen molar-refractivity contribution in [2.75, 3.05) is 13.7 Å². The van der Waals surface area contributed by atoms with Gasteiger partial charge >= 0.3 is 0 Å². The molecule has 1 aromatic carbocycles. The molecular weight excluding hydrogens is 314 g/mol. The van der Waals surface area contributed by atoms with Crippen LogP contribution in [0.15, 0.2) is 41.7 Å². The molecule has 0 saturated heterocycles. The number of guanidine groups is 1. The summed E-state index contributed by atoms with van der Waals surface area (Å²) in [5, 5.41) is 6.88. The second-order valence-corrected chi connectivity index (χ2v) is 6.69. The number of para-hydroxylation sites is 1. The van der Waals surface area contributed by atoms with E-state index in [1.54, 1.807) is 7.05 Å². The van der Waals surface area contributed by atoms with Crippen molar-refractivity contribution < 1.29 is 4.74 Å². The molecule has 0 radical (unpaired) electrons. The Morgan fingerprint density at radius 1 is 1.40 bits per heavy atom. The van der Waals surface area contributed by atoms with E-state index in [2.05, 4.69) is 45.1 Å². The van der Waals surface area contributed by atoms with Crippen LogP contribution in [0.4, 0.5) is 0 Å². The van der Waals surface area contributed by atoms with E-state index in [0.29, 0.717) is 19.1 Å². The lowest BCUT2D eigenvalue weighted by atomic mass is 10.0. The first-order valence-electron chi connectivity index (χ1n) is 8.86. The molecule has 25 heavy (non-hydrogen) atoms. The lowest BCUT2D eigenvalue weighted by Crippen LogP contribution is -2.41. The highest BCUT2D eigenvalue weighted by Crippen LogP contribution is 2.31. The Bertz CT molecular complexity index is 722. The van der Waals surface area contributed by atoms with E-state index in [1.807, 2.05) is 30.6 Å². The average molecular weight is 341 g/mol. The summed E-state index contributed by atoms with van der Waals surface area (Å²) in [6.07, 6.45) is 4.80. The average Bonchev–Trinajstić information content (AvgIpc) is 3.05. The number of hydrogen-bond donors (Lipinski definition) is 2. The number of imidazole rings is 1. The van der Waals surface area contributed by atoms with Crippen molar-refractivity contribution >= 4 is 5.96 Å². The summed E-state index contributed by atoms with van der Waals surface area (Å²) in [5.74, 6) is 3.34. The minimum Gasteiger partial charge on any atom is -0.493 e. The van der Waals surface area contributed by atoms with Gasteiger partial charge in [0.2, 0.25) is 0 Å². The Hall–Kier alpha value is -2.50. The number of rotatable bonds is 5. The van der Waals surface area contributed by atoms with Crippen molar-refractivity contribution in [2.45, 2.75) is 39.4 Å². The number of hydrogen-bond acceptors (Lipinski definition) is 3. The summed E-state index contributed by atoms with van der Waals surface area (Å²) in [6, 6.07) is 8.37. The maximum atomic E-state index is 5.73. The molecule has 0 spiro atoms. The molecule has 1 aliphatic rings. The van der Waals surface area contributed by atoms with Crippen LogP contribution >= 0.6 is 0 Å². The fourth-order valence-electron chi connectivity index (χ4n) is 3.08. The Morgan fingerprint density at radius 2 is 2.24 bits per heavy atom. The van der Waals surface area contributed by atoms with Crippen molar-refractivity contribution in [1.82, 2.24) is 20.2 Å². The fraction of sp³-hybridized carbons (Fsp3) is 0.474. The van der Waals surface area contributed by atoms with Gasteiger partial charge in [-0.15, -0.1) is 0 Å². The third-order valence-corrected chi connectivity index (χ3v) is 4.27. The summed E-state index contributed by atoms with van der Waals surface area (Å²) >= 11 is 0. The van der Waals surface area contributed by atoms with Gasteiger partial charge < -0.3 is 19.9 Å². The van der Waals surface area contributed by atoms with Crippen molar-refractivity contribution in [3.63, 3.8) is 0 Å². The Morgan fingerprint density at radius 3 is 3.04 bits per heavy atom. The van der Waals surface area contributed by atoms with Crippen LogP contribution in [0, 0.1) is 5.92 Å². The molecule has 0 saturated carbocycles. The SMILES string of the molecule is CN=C(NCc1nccn1CC(C)C)NC1CCOc2ccccc21. The second-order valence-electron chi connectivity index (χ2n) is 6.69. The first-order valence-corrected chi connectivity index (χ1v) is 8.86. The molecule has 1 aliphatic heterocycles. The zero-order valence-corrected chi connectivity index (χ0v) is 15.2.